The number of hydrogen-bond acceptors (Lipinski definition) is 6. The average Bonchev–Trinajstić information content (AvgIpc) is 2.89. The molecule has 0 saturated carbocycles. The lowest BCUT2D eigenvalue weighted by atomic mass is 10.1. The molecule has 0 atom stereocenters. The Morgan fingerprint density at radius 2 is 1.69 bits per heavy atom. The van der Waals surface area contributed by atoms with E-state index in [2.05, 4.69) is 21.9 Å². The minimum absolute atomic E-state index is 0.0975. The van der Waals surface area contributed by atoms with Crippen LogP contribution >= 0.6 is 11.6 Å². The summed E-state index contributed by atoms with van der Waals surface area (Å²) in [6, 6.07) is 11.3. The van der Waals surface area contributed by atoms with Crippen LogP contribution in [0.1, 0.15) is 37.0 Å². The highest BCUT2D eigenvalue weighted by Gasteiger charge is 2.38. The zero-order valence-electron chi connectivity index (χ0n) is 21.6. The Morgan fingerprint density at radius 1 is 1.10 bits per heavy atom. The van der Waals surface area contributed by atoms with Gasteiger partial charge in [-0.05, 0) is 55.8 Å². The highest BCUT2D eigenvalue weighted by molar-refractivity contribution is 7.92. The van der Waals surface area contributed by atoms with Crippen molar-refractivity contribution in [1.82, 2.24) is 10.2 Å². The van der Waals surface area contributed by atoms with Crippen LogP contribution in [0.15, 0.2) is 47.4 Å². The zero-order chi connectivity index (χ0) is 29.2. The fraction of sp³-hybridized carbons (Fsp3) is 0.440. The highest BCUT2D eigenvalue weighted by Crippen LogP contribution is 2.31. The van der Waals surface area contributed by atoms with Crippen molar-refractivity contribution in [2.24, 2.45) is 0 Å². The molecule has 0 spiro atoms. The SMILES string of the molecule is CCCCN(CC)C(=O)c1ccc(N2CCNCC2)c(NS(=O)(=O)c2ccc(Cl)cc2)c1.O=C(O)C(F)(F)F. The third-order valence-corrected chi connectivity index (χ3v) is 7.40. The number of anilines is 2. The minimum Gasteiger partial charge on any atom is -0.475 e. The van der Waals surface area contributed by atoms with E-state index < -0.39 is 22.2 Å². The van der Waals surface area contributed by atoms with Crippen molar-refractivity contribution < 1.29 is 36.3 Å². The smallest absolute Gasteiger partial charge is 0.475 e. The average molecular weight is 593 g/mol. The van der Waals surface area contributed by atoms with Crippen LogP contribution in [0.4, 0.5) is 24.5 Å². The van der Waals surface area contributed by atoms with E-state index in [-0.39, 0.29) is 10.8 Å². The number of rotatable bonds is 9. The molecule has 2 aromatic carbocycles. The fourth-order valence-corrected chi connectivity index (χ4v) is 4.88. The minimum atomic E-state index is -5.08. The number of carbonyl (C=O) groups excluding carboxylic acids is 1. The first-order valence-corrected chi connectivity index (χ1v) is 14.1. The van der Waals surface area contributed by atoms with E-state index in [4.69, 9.17) is 21.5 Å². The lowest BCUT2D eigenvalue weighted by Gasteiger charge is -2.31. The molecule has 1 saturated heterocycles. The topological polar surface area (TPSA) is 119 Å². The highest BCUT2D eigenvalue weighted by atomic mass is 35.5. The van der Waals surface area contributed by atoms with E-state index in [1.807, 2.05) is 13.0 Å². The van der Waals surface area contributed by atoms with Crippen molar-refractivity contribution in [1.29, 1.82) is 0 Å². The number of carboxylic acid groups (broad SMARTS) is 1. The van der Waals surface area contributed by atoms with Gasteiger partial charge < -0.3 is 20.2 Å². The van der Waals surface area contributed by atoms with Crippen LogP contribution in [0.2, 0.25) is 5.02 Å². The number of hydrogen-bond donors (Lipinski definition) is 3. The van der Waals surface area contributed by atoms with Crippen LogP contribution in [0.5, 0.6) is 0 Å². The van der Waals surface area contributed by atoms with Gasteiger partial charge in [0, 0.05) is 49.9 Å². The van der Waals surface area contributed by atoms with Gasteiger partial charge in [0.25, 0.3) is 15.9 Å². The first kappa shape index (κ1) is 32.2. The molecule has 216 valence electrons. The number of alkyl halides is 3. The quantitative estimate of drug-likeness (QED) is 0.394. The van der Waals surface area contributed by atoms with Crippen LogP contribution in [-0.2, 0) is 14.8 Å². The number of carbonyl (C=O) groups is 2. The summed E-state index contributed by atoms with van der Waals surface area (Å²) in [5.74, 6) is -2.85. The number of halogens is 4. The zero-order valence-corrected chi connectivity index (χ0v) is 23.2. The largest absolute Gasteiger partial charge is 0.490 e. The van der Waals surface area contributed by atoms with E-state index in [1.54, 1.807) is 29.2 Å². The maximum absolute atomic E-state index is 13.1. The Labute approximate surface area is 231 Å². The van der Waals surface area contributed by atoms with Gasteiger partial charge in [0.1, 0.15) is 0 Å². The second-order valence-corrected chi connectivity index (χ2v) is 10.7. The maximum atomic E-state index is 13.1. The van der Waals surface area contributed by atoms with Gasteiger partial charge in [0.15, 0.2) is 0 Å². The van der Waals surface area contributed by atoms with Crippen LogP contribution in [0.25, 0.3) is 0 Å². The van der Waals surface area contributed by atoms with Crippen molar-refractivity contribution in [3.8, 4) is 0 Å². The predicted molar refractivity (Wildman–Crippen MR) is 144 cm³/mol. The standard InChI is InChI=1S/C23H31ClN4O3S.C2HF3O2/c1-3-5-14-27(4-2)23(29)18-6-11-22(28-15-12-25-13-16-28)21(17-18)26-32(30,31)20-9-7-19(24)8-10-20;3-2(4,5)1(6)7/h6-11,17,25-26H,3-5,12-16H2,1-2H3;(H,6,7). The van der Waals surface area contributed by atoms with Gasteiger partial charge >= 0.3 is 12.1 Å². The number of amides is 1. The molecule has 0 aromatic heterocycles. The van der Waals surface area contributed by atoms with Gasteiger partial charge in [-0.15, -0.1) is 0 Å². The molecule has 1 heterocycles. The van der Waals surface area contributed by atoms with E-state index in [9.17, 15) is 26.4 Å². The molecule has 2 aromatic rings. The Kier molecular flexibility index (Phi) is 11.9. The van der Waals surface area contributed by atoms with Crippen LogP contribution in [-0.4, -0.2) is 75.7 Å². The molecule has 3 rings (SSSR count). The first-order valence-electron chi connectivity index (χ1n) is 12.3. The van der Waals surface area contributed by atoms with E-state index in [1.165, 1.54) is 12.1 Å². The van der Waals surface area contributed by atoms with Crippen molar-refractivity contribution in [3.05, 3.63) is 53.1 Å². The molecule has 0 bridgehead atoms. The fourth-order valence-electron chi connectivity index (χ4n) is 3.68. The van der Waals surface area contributed by atoms with Gasteiger partial charge in [-0.25, -0.2) is 13.2 Å². The summed E-state index contributed by atoms with van der Waals surface area (Å²) >= 11 is 5.91. The monoisotopic (exact) mass is 592 g/mol. The Bertz CT molecular complexity index is 1220. The first-order chi connectivity index (χ1) is 18.3. The van der Waals surface area contributed by atoms with Crippen molar-refractivity contribution in [2.75, 3.05) is 48.9 Å². The van der Waals surface area contributed by atoms with Crippen LogP contribution in [0.3, 0.4) is 0 Å². The molecule has 9 nitrogen and oxygen atoms in total. The number of aliphatic carboxylic acids is 1. The van der Waals surface area contributed by atoms with E-state index in [0.29, 0.717) is 29.4 Å². The molecule has 0 unspecified atom stereocenters. The molecule has 39 heavy (non-hydrogen) atoms. The lowest BCUT2D eigenvalue weighted by Crippen LogP contribution is -2.43. The third-order valence-electron chi connectivity index (χ3n) is 5.76. The molecule has 1 fully saturated rings. The summed E-state index contributed by atoms with van der Waals surface area (Å²) < 4.78 is 60.6. The van der Waals surface area contributed by atoms with Crippen LogP contribution < -0.4 is 14.9 Å². The second-order valence-electron chi connectivity index (χ2n) is 8.57. The van der Waals surface area contributed by atoms with Crippen molar-refractivity contribution in [2.45, 2.75) is 37.8 Å². The molecule has 1 amide bonds. The predicted octanol–water partition coefficient (Wildman–Crippen LogP) is 4.45. The summed E-state index contributed by atoms with van der Waals surface area (Å²) in [6.07, 6.45) is -3.16. The number of carboxylic acids is 1. The van der Waals surface area contributed by atoms with E-state index in [0.717, 1.165) is 44.7 Å². The molecule has 3 N–H and O–H groups in total. The number of sulfonamides is 1. The number of unbranched alkanes of at least 4 members (excludes halogenated alkanes) is 1. The molecular formula is C25H32ClF3N4O5S. The Morgan fingerprint density at radius 3 is 2.21 bits per heavy atom. The van der Waals surface area contributed by atoms with Gasteiger partial charge in [-0.2, -0.15) is 13.2 Å². The summed E-state index contributed by atoms with van der Waals surface area (Å²) in [5.41, 5.74) is 1.63. The number of nitrogens with one attached hydrogen (secondary N) is 2. The summed E-state index contributed by atoms with van der Waals surface area (Å²) in [6.45, 7) is 8.44. The molecule has 1 aliphatic rings. The van der Waals surface area contributed by atoms with E-state index >= 15 is 0 Å². The normalized spacial score (nSPS) is 13.7. The molecule has 1 aliphatic heterocycles. The van der Waals surface area contributed by atoms with Gasteiger partial charge in [0.2, 0.25) is 0 Å². The maximum Gasteiger partial charge on any atom is 0.490 e. The summed E-state index contributed by atoms with van der Waals surface area (Å²) in [5, 5.41) is 10.9. The molecule has 0 aliphatic carbocycles. The molecular weight excluding hydrogens is 561 g/mol. The molecule has 14 heteroatoms. The number of benzene rings is 2. The summed E-state index contributed by atoms with van der Waals surface area (Å²) in [7, 11) is -3.85. The van der Waals surface area contributed by atoms with Gasteiger partial charge in [-0.1, -0.05) is 24.9 Å². The van der Waals surface area contributed by atoms with Gasteiger partial charge in [0.05, 0.1) is 16.3 Å². The second kappa shape index (κ2) is 14.4. The van der Waals surface area contributed by atoms with Crippen LogP contribution in [0, 0.1) is 0 Å². The summed E-state index contributed by atoms with van der Waals surface area (Å²) in [4.78, 5) is 26.0. The Balaban J connectivity index is 0.000000673. The van der Waals surface area contributed by atoms with Gasteiger partial charge in [-0.3, -0.25) is 9.52 Å². The number of nitrogens with zero attached hydrogens (tertiary/aromatic N) is 2. The van der Waals surface area contributed by atoms with Crippen molar-refractivity contribution >= 4 is 44.9 Å². The number of piperazine rings is 1. The third kappa shape index (κ3) is 9.59. The lowest BCUT2D eigenvalue weighted by molar-refractivity contribution is -0.192. The van der Waals surface area contributed by atoms with Crippen molar-refractivity contribution in [3.63, 3.8) is 0 Å². The Hall–Kier alpha value is -3.03. The molecule has 0 radical (unpaired) electrons.